The summed E-state index contributed by atoms with van der Waals surface area (Å²) in [5.74, 6) is -0.211. The number of aromatic nitrogens is 4. The summed E-state index contributed by atoms with van der Waals surface area (Å²) in [6.07, 6.45) is 1.74. The number of nitrogens with one attached hydrogen (secondary N) is 2. The van der Waals surface area contributed by atoms with Crippen LogP contribution in [-0.2, 0) is 5.41 Å². The third kappa shape index (κ3) is 3.38. The summed E-state index contributed by atoms with van der Waals surface area (Å²) in [5.41, 5.74) is 2.34. The molecule has 3 aromatic heterocycles. The number of benzene rings is 2. The smallest absolute Gasteiger partial charge is 0.257 e. The van der Waals surface area contributed by atoms with Crippen molar-refractivity contribution in [2.75, 3.05) is 5.32 Å². The highest BCUT2D eigenvalue weighted by atomic mass is 32.1. The first-order valence-electron chi connectivity index (χ1n) is 9.50. The van der Waals surface area contributed by atoms with E-state index < -0.39 is 0 Å². The molecule has 0 fully saturated rings. The molecule has 0 saturated carbocycles. The van der Waals surface area contributed by atoms with Gasteiger partial charge < -0.3 is 0 Å². The molecule has 0 radical (unpaired) electrons. The van der Waals surface area contributed by atoms with Crippen LogP contribution in [-0.4, -0.2) is 26.3 Å². The van der Waals surface area contributed by atoms with Crippen LogP contribution in [0.25, 0.3) is 31.4 Å². The lowest BCUT2D eigenvalue weighted by atomic mass is 9.98. The Morgan fingerprint density at radius 2 is 1.87 bits per heavy atom. The fraction of sp³-hybridized carbons (Fsp3) is 0.182. The van der Waals surface area contributed by atoms with E-state index in [9.17, 15) is 4.79 Å². The van der Waals surface area contributed by atoms with Crippen molar-refractivity contribution in [3.8, 4) is 10.4 Å². The van der Waals surface area contributed by atoms with Crippen molar-refractivity contribution in [1.29, 1.82) is 0 Å². The van der Waals surface area contributed by atoms with E-state index in [1.807, 2.05) is 24.3 Å². The average Bonchev–Trinajstić information content (AvgIpc) is 3.44. The molecule has 0 bridgehead atoms. The summed E-state index contributed by atoms with van der Waals surface area (Å²) in [6.45, 7) is 6.22. The molecule has 0 saturated heterocycles. The zero-order chi connectivity index (χ0) is 20.9. The van der Waals surface area contributed by atoms with Gasteiger partial charge in [0.2, 0.25) is 5.13 Å². The van der Waals surface area contributed by atoms with Gasteiger partial charge in [-0.15, -0.1) is 21.5 Å². The lowest BCUT2D eigenvalue weighted by Gasteiger charge is -2.12. The number of aromatic amines is 1. The van der Waals surface area contributed by atoms with Crippen LogP contribution in [0.1, 0.15) is 36.1 Å². The van der Waals surface area contributed by atoms with Crippen molar-refractivity contribution in [1.82, 2.24) is 20.4 Å². The monoisotopic (exact) mass is 433 g/mol. The second kappa shape index (κ2) is 7.00. The Bertz CT molecular complexity index is 1360. The molecule has 2 N–H and O–H groups in total. The number of hydrogen-bond acceptors (Lipinski definition) is 6. The lowest BCUT2D eigenvalue weighted by Crippen LogP contribution is -2.11. The molecule has 1 amide bonds. The topological polar surface area (TPSA) is 83.6 Å². The van der Waals surface area contributed by atoms with Gasteiger partial charge in [-0.05, 0) is 29.7 Å². The maximum absolute atomic E-state index is 13.0. The summed E-state index contributed by atoms with van der Waals surface area (Å²) >= 11 is 3.10. The molecular formula is C22H19N5OS2. The van der Waals surface area contributed by atoms with E-state index in [1.54, 1.807) is 17.5 Å². The number of rotatable bonds is 3. The summed E-state index contributed by atoms with van der Waals surface area (Å²) in [5, 5.41) is 21.9. The molecule has 0 atom stereocenters. The molecule has 0 spiro atoms. The van der Waals surface area contributed by atoms with E-state index in [1.165, 1.54) is 21.4 Å². The Labute approximate surface area is 181 Å². The maximum Gasteiger partial charge on any atom is 0.257 e. The minimum absolute atomic E-state index is 0.106. The quantitative estimate of drug-likeness (QED) is 0.374. The number of carbonyl (C=O) groups is 1. The van der Waals surface area contributed by atoms with Gasteiger partial charge in [-0.2, -0.15) is 5.10 Å². The van der Waals surface area contributed by atoms with Crippen LogP contribution in [0.2, 0.25) is 0 Å². The van der Waals surface area contributed by atoms with Crippen LogP contribution < -0.4 is 5.32 Å². The number of amides is 1. The summed E-state index contributed by atoms with van der Waals surface area (Å²) in [4.78, 5) is 14.1. The first-order valence-corrected chi connectivity index (χ1v) is 11.1. The Morgan fingerprint density at radius 1 is 1.03 bits per heavy atom. The predicted molar refractivity (Wildman–Crippen MR) is 123 cm³/mol. The minimum Gasteiger partial charge on any atom is -0.296 e. The molecule has 30 heavy (non-hydrogen) atoms. The molecular weight excluding hydrogens is 414 g/mol. The maximum atomic E-state index is 13.0. The van der Waals surface area contributed by atoms with Gasteiger partial charge in [0.25, 0.3) is 5.91 Å². The third-order valence-electron chi connectivity index (χ3n) is 4.79. The summed E-state index contributed by atoms with van der Waals surface area (Å²) < 4.78 is 1.21. The van der Waals surface area contributed by atoms with Crippen molar-refractivity contribution in [3.05, 3.63) is 59.2 Å². The average molecular weight is 434 g/mol. The van der Waals surface area contributed by atoms with E-state index in [2.05, 4.69) is 64.7 Å². The van der Waals surface area contributed by atoms with Gasteiger partial charge >= 0.3 is 0 Å². The standard InChI is InChI=1S/C22H19N5OS2/c1-22(2,3)20-26-27-21(30-20)24-19(28)13-8-14-11-23-25-18(14)15(9-13)17-10-12-6-4-5-7-16(12)29-17/h4-11H,1-3H3,(H,23,25)(H,24,27,28). The predicted octanol–water partition coefficient (Wildman–Crippen LogP) is 5.85. The van der Waals surface area contributed by atoms with Crippen LogP contribution in [0, 0.1) is 0 Å². The number of carbonyl (C=O) groups excluding carboxylic acids is 1. The van der Waals surface area contributed by atoms with Gasteiger partial charge in [0.05, 0.1) is 11.7 Å². The second-order valence-electron chi connectivity index (χ2n) is 8.12. The minimum atomic E-state index is -0.211. The Balaban J connectivity index is 1.54. The normalized spacial score (nSPS) is 12.0. The van der Waals surface area contributed by atoms with Gasteiger partial charge in [0.1, 0.15) is 5.01 Å². The molecule has 3 heterocycles. The molecule has 2 aromatic carbocycles. The number of thiophene rings is 1. The molecule has 8 heteroatoms. The highest BCUT2D eigenvalue weighted by molar-refractivity contribution is 7.22. The van der Waals surface area contributed by atoms with E-state index in [-0.39, 0.29) is 11.3 Å². The molecule has 0 aliphatic rings. The van der Waals surface area contributed by atoms with E-state index in [0.717, 1.165) is 26.4 Å². The van der Waals surface area contributed by atoms with Crippen LogP contribution >= 0.6 is 22.7 Å². The Kier molecular flexibility index (Phi) is 4.41. The highest BCUT2D eigenvalue weighted by Crippen LogP contribution is 2.37. The van der Waals surface area contributed by atoms with Gasteiger partial charge in [0, 0.05) is 31.5 Å². The molecule has 0 unspecified atom stereocenters. The number of H-pyrrole nitrogens is 1. The first kappa shape index (κ1) is 18.9. The van der Waals surface area contributed by atoms with Crippen LogP contribution in [0.3, 0.4) is 0 Å². The molecule has 5 rings (SSSR count). The molecule has 150 valence electrons. The zero-order valence-corrected chi connectivity index (χ0v) is 18.3. The third-order valence-corrected chi connectivity index (χ3v) is 7.20. The van der Waals surface area contributed by atoms with Crippen molar-refractivity contribution in [3.63, 3.8) is 0 Å². The fourth-order valence-corrected chi connectivity index (χ4v) is 5.13. The fourth-order valence-electron chi connectivity index (χ4n) is 3.24. The molecule has 0 aliphatic heterocycles. The van der Waals surface area contributed by atoms with Gasteiger partial charge in [-0.25, -0.2) is 0 Å². The lowest BCUT2D eigenvalue weighted by molar-refractivity contribution is 0.102. The van der Waals surface area contributed by atoms with Gasteiger partial charge in [-0.1, -0.05) is 50.3 Å². The van der Waals surface area contributed by atoms with Crippen LogP contribution in [0.5, 0.6) is 0 Å². The van der Waals surface area contributed by atoms with Gasteiger partial charge in [0.15, 0.2) is 0 Å². The first-order chi connectivity index (χ1) is 14.4. The SMILES string of the molecule is CC(C)(C)c1nnc(NC(=O)c2cc(-c3cc4ccccc4s3)c3[nH]ncc3c2)s1. The van der Waals surface area contributed by atoms with Crippen molar-refractivity contribution < 1.29 is 4.79 Å². The molecule has 6 nitrogen and oxygen atoms in total. The Morgan fingerprint density at radius 3 is 2.63 bits per heavy atom. The highest BCUT2D eigenvalue weighted by Gasteiger charge is 2.21. The van der Waals surface area contributed by atoms with Crippen molar-refractivity contribution in [2.24, 2.45) is 0 Å². The van der Waals surface area contributed by atoms with E-state index >= 15 is 0 Å². The summed E-state index contributed by atoms with van der Waals surface area (Å²) in [6, 6.07) is 14.2. The van der Waals surface area contributed by atoms with E-state index in [4.69, 9.17) is 0 Å². The second-order valence-corrected chi connectivity index (χ2v) is 10.2. The zero-order valence-electron chi connectivity index (χ0n) is 16.7. The Hall–Kier alpha value is -3.10. The molecule has 0 aliphatic carbocycles. The van der Waals surface area contributed by atoms with E-state index in [0.29, 0.717) is 10.7 Å². The number of anilines is 1. The van der Waals surface area contributed by atoms with Crippen molar-refractivity contribution >= 4 is 54.7 Å². The van der Waals surface area contributed by atoms with Crippen molar-refractivity contribution in [2.45, 2.75) is 26.2 Å². The largest absolute Gasteiger partial charge is 0.296 e. The molecule has 5 aromatic rings. The van der Waals surface area contributed by atoms with Gasteiger partial charge in [-0.3, -0.25) is 15.2 Å². The number of nitrogens with zero attached hydrogens (tertiary/aromatic N) is 3. The number of hydrogen-bond donors (Lipinski definition) is 2. The van der Waals surface area contributed by atoms with Crippen LogP contribution in [0.4, 0.5) is 5.13 Å². The number of fused-ring (bicyclic) bond motifs is 2. The summed E-state index contributed by atoms with van der Waals surface area (Å²) in [7, 11) is 0. The van der Waals surface area contributed by atoms with Crippen LogP contribution in [0.15, 0.2) is 48.7 Å².